The molecule has 9 heteroatoms. The molecule has 3 aliphatic heterocycles. The SMILES string of the molecule is CCN(CC)CCN1C(=O)[C@H]2[C@@H](C(=O)Nc3ccc(Oc4ccccc4)cc3)[C@H]3C=C[C@@]2(O3)[C@@H]1C(=O)NC1CCCCC1. The molecule has 2 N–H and O–H groups in total. The van der Waals surface area contributed by atoms with Crippen LogP contribution in [0.5, 0.6) is 11.5 Å². The second-order valence-corrected chi connectivity index (χ2v) is 12.0. The Bertz CT molecular complexity index is 1340. The number of carbonyl (C=O) groups excluding carboxylic acids is 3. The molecule has 0 radical (unpaired) electrons. The molecular weight excluding hydrogens is 544 g/mol. The monoisotopic (exact) mass is 586 g/mol. The summed E-state index contributed by atoms with van der Waals surface area (Å²) in [6.45, 7) is 6.93. The lowest BCUT2D eigenvalue weighted by Gasteiger charge is -2.34. The number of fused-ring (bicyclic) bond motifs is 1. The van der Waals surface area contributed by atoms with Crippen molar-refractivity contribution in [1.29, 1.82) is 0 Å². The summed E-state index contributed by atoms with van der Waals surface area (Å²) in [6, 6.07) is 15.9. The van der Waals surface area contributed by atoms with Gasteiger partial charge in [0.2, 0.25) is 17.7 Å². The van der Waals surface area contributed by atoms with E-state index < -0.39 is 29.6 Å². The molecule has 3 amide bonds. The topological polar surface area (TPSA) is 100 Å². The number of likely N-dealkylation sites (tertiary alicyclic amines) is 1. The minimum Gasteiger partial charge on any atom is -0.457 e. The Morgan fingerprint density at radius 3 is 2.37 bits per heavy atom. The average Bonchev–Trinajstić information content (AvgIpc) is 3.67. The van der Waals surface area contributed by atoms with E-state index in [0.29, 0.717) is 24.5 Å². The highest BCUT2D eigenvalue weighted by Gasteiger charge is 2.72. The summed E-state index contributed by atoms with van der Waals surface area (Å²) in [7, 11) is 0. The van der Waals surface area contributed by atoms with E-state index in [0.717, 1.165) is 44.5 Å². The van der Waals surface area contributed by atoms with Crippen molar-refractivity contribution in [3.63, 3.8) is 0 Å². The number of para-hydroxylation sites is 1. The molecule has 3 fully saturated rings. The van der Waals surface area contributed by atoms with Gasteiger partial charge in [-0.3, -0.25) is 14.4 Å². The van der Waals surface area contributed by atoms with E-state index in [4.69, 9.17) is 9.47 Å². The summed E-state index contributed by atoms with van der Waals surface area (Å²) >= 11 is 0. The molecule has 9 nitrogen and oxygen atoms in total. The van der Waals surface area contributed by atoms with Gasteiger partial charge in [-0.1, -0.05) is 63.5 Å². The van der Waals surface area contributed by atoms with E-state index in [9.17, 15) is 14.4 Å². The Morgan fingerprint density at radius 2 is 1.67 bits per heavy atom. The van der Waals surface area contributed by atoms with Crippen LogP contribution in [0.2, 0.25) is 0 Å². The fourth-order valence-electron chi connectivity index (χ4n) is 7.28. The van der Waals surface area contributed by atoms with Crippen molar-refractivity contribution < 1.29 is 23.9 Å². The molecule has 3 heterocycles. The molecule has 2 saturated heterocycles. The van der Waals surface area contributed by atoms with Gasteiger partial charge in [0, 0.05) is 24.8 Å². The number of carbonyl (C=O) groups is 3. The minimum atomic E-state index is -1.15. The lowest BCUT2D eigenvalue weighted by Crippen LogP contribution is -2.57. The molecule has 1 saturated carbocycles. The van der Waals surface area contributed by atoms with Crippen LogP contribution in [0.3, 0.4) is 0 Å². The maximum absolute atomic E-state index is 14.2. The van der Waals surface area contributed by atoms with Gasteiger partial charge in [-0.2, -0.15) is 0 Å². The molecular formula is C34H42N4O5. The molecule has 2 bridgehead atoms. The van der Waals surface area contributed by atoms with Gasteiger partial charge < -0.3 is 29.9 Å². The third kappa shape index (κ3) is 5.68. The minimum absolute atomic E-state index is 0.104. The Hall–Kier alpha value is -3.69. The van der Waals surface area contributed by atoms with Crippen LogP contribution in [0.1, 0.15) is 46.0 Å². The van der Waals surface area contributed by atoms with Crippen molar-refractivity contribution in [1.82, 2.24) is 15.1 Å². The fraction of sp³-hybridized carbons (Fsp3) is 0.500. The Balaban J connectivity index is 1.21. The van der Waals surface area contributed by atoms with E-state index in [1.807, 2.05) is 42.5 Å². The predicted molar refractivity (Wildman–Crippen MR) is 164 cm³/mol. The number of likely N-dealkylation sites (N-methyl/N-ethyl adjacent to an activating group) is 1. The fourth-order valence-corrected chi connectivity index (χ4v) is 7.28. The van der Waals surface area contributed by atoms with Crippen molar-refractivity contribution in [3.05, 3.63) is 66.7 Å². The van der Waals surface area contributed by atoms with Crippen LogP contribution in [-0.2, 0) is 19.1 Å². The number of ether oxygens (including phenoxy) is 2. The highest BCUT2D eigenvalue weighted by molar-refractivity contribution is 6.02. The first-order valence-corrected chi connectivity index (χ1v) is 15.8. The van der Waals surface area contributed by atoms with Gasteiger partial charge in [0.1, 0.15) is 23.1 Å². The average molecular weight is 587 g/mol. The molecule has 0 unspecified atom stereocenters. The van der Waals surface area contributed by atoms with E-state index in [1.54, 1.807) is 29.2 Å². The molecule has 6 rings (SSSR count). The molecule has 43 heavy (non-hydrogen) atoms. The van der Waals surface area contributed by atoms with E-state index in [-0.39, 0.29) is 23.8 Å². The number of nitrogens with one attached hydrogen (secondary N) is 2. The van der Waals surface area contributed by atoms with Gasteiger partial charge in [0.25, 0.3) is 0 Å². The summed E-state index contributed by atoms with van der Waals surface area (Å²) in [5.74, 6) is -0.775. The largest absolute Gasteiger partial charge is 0.457 e. The van der Waals surface area contributed by atoms with Crippen LogP contribution in [0, 0.1) is 11.8 Å². The number of nitrogens with zero attached hydrogens (tertiary/aromatic N) is 2. The number of benzene rings is 2. The summed E-state index contributed by atoms with van der Waals surface area (Å²) in [6.07, 6.45) is 8.43. The van der Waals surface area contributed by atoms with Crippen LogP contribution >= 0.6 is 0 Å². The zero-order chi connectivity index (χ0) is 30.0. The Labute approximate surface area is 253 Å². The summed E-state index contributed by atoms with van der Waals surface area (Å²) in [5, 5.41) is 6.25. The van der Waals surface area contributed by atoms with Gasteiger partial charge in [0.05, 0.1) is 17.9 Å². The van der Waals surface area contributed by atoms with Gasteiger partial charge in [-0.15, -0.1) is 0 Å². The molecule has 2 aromatic carbocycles. The van der Waals surface area contributed by atoms with Crippen molar-refractivity contribution >= 4 is 23.4 Å². The maximum atomic E-state index is 14.2. The molecule has 4 aliphatic rings. The second kappa shape index (κ2) is 12.5. The standard InChI is InChI=1S/C34H42N4O5/c1-3-37(4-2)21-22-38-30(32(40)36-23-11-7-5-8-12-23)34-20-19-27(43-34)28(29(34)33(38)41)31(39)35-24-15-17-26(18-16-24)42-25-13-9-6-10-14-25/h6,9-10,13-20,23,27-30H,3-5,7-8,11-12,21-22H2,1-2H3,(H,35,39)(H,36,40)/t27-,28+,29-,30+,34+/m1/s1. The first kappa shape index (κ1) is 29.4. The summed E-state index contributed by atoms with van der Waals surface area (Å²) in [5.41, 5.74) is -0.555. The number of hydrogen-bond acceptors (Lipinski definition) is 6. The second-order valence-electron chi connectivity index (χ2n) is 12.0. The smallest absolute Gasteiger partial charge is 0.246 e. The van der Waals surface area contributed by atoms with Crippen molar-refractivity contribution in [2.24, 2.45) is 11.8 Å². The first-order chi connectivity index (χ1) is 20.9. The van der Waals surface area contributed by atoms with Crippen LogP contribution in [-0.4, -0.2) is 77.5 Å². The summed E-state index contributed by atoms with van der Waals surface area (Å²) < 4.78 is 12.4. The molecule has 1 aliphatic carbocycles. The van der Waals surface area contributed by atoms with Gasteiger partial charge in [0.15, 0.2) is 0 Å². The number of hydrogen-bond donors (Lipinski definition) is 2. The van der Waals surface area contributed by atoms with E-state index in [2.05, 4.69) is 29.4 Å². The highest BCUT2D eigenvalue weighted by atomic mass is 16.5. The molecule has 5 atom stereocenters. The van der Waals surface area contributed by atoms with Crippen molar-refractivity contribution in [2.45, 2.75) is 69.7 Å². The molecule has 0 aromatic heterocycles. The third-order valence-corrected chi connectivity index (χ3v) is 9.53. The Morgan fingerprint density at radius 1 is 0.977 bits per heavy atom. The molecule has 1 spiro atoms. The number of rotatable bonds is 11. The molecule has 228 valence electrons. The first-order valence-electron chi connectivity index (χ1n) is 15.8. The maximum Gasteiger partial charge on any atom is 0.246 e. The van der Waals surface area contributed by atoms with Gasteiger partial charge in [-0.05, 0) is 62.3 Å². The normalized spacial score (nSPS) is 27.9. The van der Waals surface area contributed by atoms with Gasteiger partial charge in [-0.25, -0.2) is 0 Å². The van der Waals surface area contributed by atoms with Crippen molar-refractivity contribution in [3.8, 4) is 11.5 Å². The zero-order valence-electron chi connectivity index (χ0n) is 25.0. The van der Waals surface area contributed by atoms with Crippen LogP contribution in [0.4, 0.5) is 5.69 Å². The van der Waals surface area contributed by atoms with Gasteiger partial charge >= 0.3 is 0 Å². The number of anilines is 1. The zero-order valence-corrected chi connectivity index (χ0v) is 25.0. The van der Waals surface area contributed by atoms with Crippen molar-refractivity contribution in [2.75, 3.05) is 31.5 Å². The van der Waals surface area contributed by atoms with Crippen LogP contribution in [0.15, 0.2) is 66.7 Å². The van der Waals surface area contributed by atoms with Crippen LogP contribution in [0.25, 0.3) is 0 Å². The lowest BCUT2D eigenvalue weighted by atomic mass is 9.74. The van der Waals surface area contributed by atoms with Crippen LogP contribution < -0.4 is 15.4 Å². The van der Waals surface area contributed by atoms with E-state index in [1.165, 1.54) is 6.42 Å². The molecule has 2 aromatic rings. The lowest BCUT2D eigenvalue weighted by molar-refractivity contribution is -0.141. The van der Waals surface area contributed by atoms with E-state index >= 15 is 0 Å². The summed E-state index contributed by atoms with van der Waals surface area (Å²) in [4.78, 5) is 45.8. The quantitative estimate of drug-likeness (QED) is 0.380. The third-order valence-electron chi connectivity index (χ3n) is 9.53. The number of amides is 3. The highest BCUT2D eigenvalue weighted by Crippen LogP contribution is 2.55. The Kier molecular flexibility index (Phi) is 8.54. The predicted octanol–water partition coefficient (Wildman–Crippen LogP) is 4.36.